The van der Waals surface area contributed by atoms with Gasteiger partial charge in [0.2, 0.25) is 5.91 Å². The second-order valence-corrected chi connectivity index (χ2v) is 9.15. The van der Waals surface area contributed by atoms with Gasteiger partial charge in [0, 0.05) is 25.5 Å². The molecule has 0 unspecified atom stereocenters. The van der Waals surface area contributed by atoms with Crippen molar-refractivity contribution >= 4 is 55.3 Å². The van der Waals surface area contributed by atoms with E-state index in [2.05, 4.69) is 15.0 Å². The zero-order valence-electron chi connectivity index (χ0n) is 12.2. The Hall–Kier alpha value is -1.04. The topological polar surface area (TPSA) is 97.4 Å². The van der Waals surface area contributed by atoms with Crippen molar-refractivity contribution in [3.8, 4) is 0 Å². The smallest absolute Gasteiger partial charge is 0.251 e. The van der Waals surface area contributed by atoms with Crippen LogP contribution in [-0.2, 0) is 19.6 Å². The molecule has 11 heteroatoms. The summed E-state index contributed by atoms with van der Waals surface area (Å²) in [4.78, 5) is 15.6. The first-order valence-electron chi connectivity index (χ1n) is 6.33. The number of nitrogens with zero attached hydrogens (tertiary/aromatic N) is 1. The minimum Gasteiger partial charge on any atom is -0.375 e. The first-order valence-corrected chi connectivity index (χ1v) is 9.82. The summed E-state index contributed by atoms with van der Waals surface area (Å²) in [5, 5.41) is 2.67. The Morgan fingerprint density at radius 3 is 2.74 bits per heavy atom. The summed E-state index contributed by atoms with van der Waals surface area (Å²) in [6, 6.07) is 3.52. The zero-order valence-corrected chi connectivity index (χ0v) is 15.4. The third-order valence-electron chi connectivity index (χ3n) is 2.69. The maximum absolute atomic E-state index is 12.3. The molecule has 0 aliphatic carbocycles. The van der Waals surface area contributed by atoms with Crippen LogP contribution in [0.2, 0.25) is 4.34 Å². The van der Waals surface area contributed by atoms with E-state index in [0.717, 1.165) is 16.2 Å². The van der Waals surface area contributed by atoms with E-state index in [1.54, 1.807) is 12.1 Å². The van der Waals surface area contributed by atoms with Gasteiger partial charge in [-0.3, -0.25) is 4.79 Å². The Morgan fingerprint density at radius 1 is 1.43 bits per heavy atom. The normalized spacial score (nSPS) is 13.0. The van der Waals surface area contributed by atoms with Crippen LogP contribution in [0, 0.1) is 0 Å². The molecule has 0 fully saturated rings. The number of carbonyl (C=O) groups is 1. The maximum Gasteiger partial charge on any atom is 0.251 e. The minimum atomic E-state index is -3.74. The predicted octanol–water partition coefficient (Wildman–Crippen LogP) is 2.48. The first-order chi connectivity index (χ1) is 10.8. The molecule has 2 rings (SSSR count). The number of aromatic nitrogens is 1. The van der Waals surface area contributed by atoms with E-state index >= 15 is 0 Å². The molecule has 126 valence electrons. The average molecular weight is 396 g/mol. The molecule has 0 aromatic carbocycles. The molecule has 2 aromatic heterocycles. The van der Waals surface area contributed by atoms with Crippen LogP contribution in [0.5, 0.6) is 0 Å². The number of thiazole rings is 1. The Bertz CT molecular complexity index is 787. The van der Waals surface area contributed by atoms with Gasteiger partial charge in [-0.1, -0.05) is 22.9 Å². The SMILES string of the molecule is CO[C@@H](CNS(=O)(=O)c1cnc(NC(C)=O)s1)c1ccc(Cl)s1. The molecular weight excluding hydrogens is 382 g/mol. The van der Waals surface area contributed by atoms with E-state index in [1.165, 1.54) is 31.6 Å². The van der Waals surface area contributed by atoms with Crippen LogP contribution in [0.4, 0.5) is 5.13 Å². The van der Waals surface area contributed by atoms with Crippen molar-refractivity contribution in [1.82, 2.24) is 9.71 Å². The Kier molecular flexibility index (Phi) is 6.12. The van der Waals surface area contributed by atoms with Gasteiger partial charge in [0.15, 0.2) is 9.34 Å². The van der Waals surface area contributed by atoms with E-state index in [9.17, 15) is 13.2 Å². The summed E-state index contributed by atoms with van der Waals surface area (Å²) < 4.78 is 32.9. The molecule has 2 heterocycles. The predicted molar refractivity (Wildman–Crippen MR) is 90.7 cm³/mol. The highest BCUT2D eigenvalue weighted by molar-refractivity contribution is 7.91. The second kappa shape index (κ2) is 7.69. The molecule has 0 aliphatic heterocycles. The highest BCUT2D eigenvalue weighted by Gasteiger charge is 2.21. The lowest BCUT2D eigenvalue weighted by Crippen LogP contribution is -2.28. The van der Waals surface area contributed by atoms with E-state index in [4.69, 9.17) is 16.3 Å². The number of halogens is 1. The molecule has 0 radical (unpaired) electrons. The Balaban J connectivity index is 2.05. The monoisotopic (exact) mass is 395 g/mol. The summed E-state index contributed by atoms with van der Waals surface area (Å²) in [6.07, 6.45) is 0.757. The molecule has 7 nitrogen and oxygen atoms in total. The fourth-order valence-electron chi connectivity index (χ4n) is 1.65. The molecule has 2 N–H and O–H groups in total. The Labute approximate surface area is 146 Å². The second-order valence-electron chi connectivity index (χ2n) is 4.38. The number of carbonyl (C=O) groups excluding carboxylic acids is 1. The highest BCUT2D eigenvalue weighted by Crippen LogP contribution is 2.29. The van der Waals surface area contributed by atoms with Crippen LogP contribution in [0.3, 0.4) is 0 Å². The largest absolute Gasteiger partial charge is 0.375 e. The van der Waals surface area contributed by atoms with Crippen LogP contribution in [0.1, 0.15) is 17.9 Å². The van der Waals surface area contributed by atoms with Gasteiger partial charge in [0.1, 0.15) is 6.10 Å². The molecule has 2 aromatic rings. The molecule has 0 bridgehead atoms. The highest BCUT2D eigenvalue weighted by atomic mass is 35.5. The van der Waals surface area contributed by atoms with E-state index in [1.807, 2.05) is 0 Å². The van der Waals surface area contributed by atoms with Crippen molar-refractivity contribution in [2.75, 3.05) is 19.0 Å². The zero-order chi connectivity index (χ0) is 17.0. The number of nitrogens with one attached hydrogen (secondary N) is 2. The molecule has 0 aliphatic rings. The van der Waals surface area contributed by atoms with Crippen molar-refractivity contribution in [2.45, 2.75) is 17.2 Å². The van der Waals surface area contributed by atoms with Gasteiger partial charge in [0.05, 0.1) is 10.5 Å². The number of methoxy groups -OCH3 is 1. The van der Waals surface area contributed by atoms with Crippen LogP contribution < -0.4 is 10.0 Å². The number of anilines is 1. The van der Waals surface area contributed by atoms with Crippen LogP contribution in [-0.4, -0.2) is 33.0 Å². The average Bonchev–Trinajstić information content (AvgIpc) is 3.09. The van der Waals surface area contributed by atoms with Gasteiger partial charge in [-0.15, -0.1) is 11.3 Å². The van der Waals surface area contributed by atoms with Gasteiger partial charge in [-0.25, -0.2) is 18.1 Å². The summed E-state index contributed by atoms with van der Waals surface area (Å²) in [6.45, 7) is 1.38. The number of rotatable bonds is 7. The summed E-state index contributed by atoms with van der Waals surface area (Å²) in [5.74, 6) is -0.315. The standard InChI is InChI=1S/C12H14ClN3O4S3/c1-7(17)16-12-14-6-11(22-12)23(18,19)15-5-8(20-2)9-3-4-10(13)21-9/h3-4,6,8,15H,5H2,1-2H3,(H,14,16,17)/t8-/m0/s1. The third-order valence-corrected chi connectivity index (χ3v) is 6.81. The van der Waals surface area contributed by atoms with Gasteiger partial charge in [-0.05, 0) is 12.1 Å². The lowest BCUT2D eigenvalue weighted by Gasteiger charge is -2.14. The van der Waals surface area contributed by atoms with Crippen molar-refractivity contribution in [3.05, 3.63) is 27.5 Å². The summed E-state index contributed by atoms with van der Waals surface area (Å²) in [5.41, 5.74) is 0. The van der Waals surface area contributed by atoms with Crippen molar-refractivity contribution in [1.29, 1.82) is 0 Å². The lowest BCUT2D eigenvalue weighted by molar-refractivity contribution is -0.114. The molecular formula is C12H14ClN3O4S3. The molecule has 23 heavy (non-hydrogen) atoms. The van der Waals surface area contributed by atoms with Gasteiger partial charge in [0.25, 0.3) is 10.0 Å². The summed E-state index contributed by atoms with van der Waals surface area (Å²) >= 11 is 8.08. The van der Waals surface area contributed by atoms with Crippen molar-refractivity contribution in [2.24, 2.45) is 0 Å². The van der Waals surface area contributed by atoms with E-state index in [0.29, 0.717) is 4.34 Å². The molecule has 1 atom stereocenters. The van der Waals surface area contributed by atoms with Gasteiger partial charge in [-0.2, -0.15) is 0 Å². The minimum absolute atomic E-state index is 0.0142. The number of ether oxygens (including phenoxy) is 1. The molecule has 0 spiro atoms. The maximum atomic E-state index is 12.3. The number of hydrogen-bond donors (Lipinski definition) is 2. The summed E-state index contributed by atoms with van der Waals surface area (Å²) in [7, 11) is -2.24. The van der Waals surface area contributed by atoms with Gasteiger partial charge >= 0.3 is 0 Å². The van der Waals surface area contributed by atoms with Crippen molar-refractivity contribution in [3.63, 3.8) is 0 Å². The third kappa shape index (κ3) is 4.96. The fraction of sp³-hybridized carbons (Fsp3) is 0.333. The number of amides is 1. The molecule has 0 saturated carbocycles. The Morgan fingerprint density at radius 2 is 2.17 bits per heavy atom. The molecule has 1 amide bonds. The van der Waals surface area contributed by atoms with Crippen LogP contribution in [0.25, 0.3) is 0 Å². The quantitative estimate of drug-likeness (QED) is 0.750. The lowest BCUT2D eigenvalue weighted by atomic mass is 10.3. The molecule has 0 saturated heterocycles. The van der Waals surface area contributed by atoms with E-state index in [-0.39, 0.29) is 21.8 Å². The van der Waals surface area contributed by atoms with Crippen molar-refractivity contribution < 1.29 is 17.9 Å². The van der Waals surface area contributed by atoms with Gasteiger partial charge < -0.3 is 10.1 Å². The number of thiophene rings is 1. The van der Waals surface area contributed by atoms with E-state index < -0.39 is 16.1 Å². The van der Waals surface area contributed by atoms with Crippen LogP contribution >= 0.6 is 34.3 Å². The number of sulfonamides is 1. The first kappa shape index (κ1) is 18.3. The number of hydrogen-bond acceptors (Lipinski definition) is 7. The van der Waals surface area contributed by atoms with Crippen LogP contribution in [0.15, 0.2) is 22.5 Å². The fourth-order valence-corrected chi connectivity index (χ4v) is 4.94.